The minimum Gasteiger partial charge on any atom is -0.329 e. The molecular weight excluding hydrogens is 222 g/mol. The summed E-state index contributed by atoms with van der Waals surface area (Å²) in [6, 6.07) is 0. The van der Waals surface area contributed by atoms with Crippen molar-refractivity contribution < 1.29 is 0 Å². The second-order valence-corrected chi connectivity index (χ2v) is 3.88. The molecule has 1 aromatic heterocycles. The van der Waals surface area contributed by atoms with Gasteiger partial charge in [-0.1, -0.05) is 28.9 Å². The van der Waals surface area contributed by atoms with Crippen LogP contribution in [-0.4, -0.2) is 32.5 Å². The summed E-state index contributed by atoms with van der Waals surface area (Å²) in [6.45, 7) is 3.12. The highest BCUT2D eigenvalue weighted by molar-refractivity contribution is 7.99. The van der Waals surface area contributed by atoms with Crippen molar-refractivity contribution in [3.05, 3.63) is 11.1 Å². The highest BCUT2D eigenvalue weighted by Crippen LogP contribution is 2.16. The van der Waals surface area contributed by atoms with E-state index in [1.165, 1.54) is 0 Å². The van der Waals surface area contributed by atoms with E-state index in [0.29, 0.717) is 13.1 Å². The van der Waals surface area contributed by atoms with Crippen molar-refractivity contribution in [1.82, 2.24) is 20.2 Å². The van der Waals surface area contributed by atoms with E-state index < -0.39 is 0 Å². The maximum atomic E-state index is 5.54. The van der Waals surface area contributed by atoms with E-state index in [-0.39, 0.29) is 0 Å². The van der Waals surface area contributed by atoms with E-state index in [4.69, 9.17) is 17.3 Å². The van der Waals surface area contributed by atoms with E-state index in [1.807, 2.05) is 6.92 Å². The van der Waals surface area contributed by atoms with Gasteiger partial charge in [-0.3, -0.25) is 0 Å². The number of halogens is 1. The fourth-order valence-corrected chi connectivity index (χ4v) is 1.75. The fraction of sp³-hybridized carbons (Fsp3) is 0.571. The lowest BCUT2D eigenvalue weighted by molar-refractivity contribution is 0.557. The molecule has 0 saturated carbocycles. The van der Waals surface area contributed by atoms with E-state index in [2.05, 4.69) is 15.5 Å². The minimum absolute atomic E-state index is 0.531. The molecule has 0 amide bonds. The molecule has 1 aromatic rings. The van der Waals surface area contributed by atoms with E-state index >= 15 is 0 Å². The maximum Gasteiger partial charge on any atom is 0.209 e. The van der Waals surface area contributed by atoms with Crippen LogP contribution in [0.2, 0.25) is 0 Å². The Hall–Kier alpha value is -0.590. The predicted molar refractivity (Wildman–Crippen MR) is 57.2 cm³/mol. The van der Waals surface area contributed by atoms with Crippen LogP contribution in [0.5, 0.6) is 0 Å². The quantitative estimate of drug-likeness (QED) is 0.765. The standard InChI is InChI=1S/C7H12ClN5S/c1-6(4-8)5-14-7-10-11-12-13(7)3-2-9/h4H,2-3,5,9H2,1H3. The summed E-state index contributed by atoms with van der Waals surface area (Å²) in [5.74, 6) is 0.786. The molecule has 0 aliphatic carbocycles. The highest BCUT2D eigenvalue weighted by Gasteiger charge is 2.05. The van der Waals surface area contributed by atoms with Crippen LogP contribution in [0.25, 0.3) is 0 Å². The smallest absolute Gasteiger partial charge is 0.209 e. The minimum atomic E-state index is 0.531. The molecule has 0 bridgehead atoms. The molecule has 0 saturated heterocycles. The third kappa shape index (κ3) is 3.28. The number of rotatable bonds is 5. The van der Waals surface area contributed by atoms with Crippen LogP contribution in [-0.2, 0) is 6.54 Å². The van der Waals surface area contributed by atoms with Crippen LogP contribution in [0.3, 0.4) is 0 Å². The normalized spacial score (nSPS) is 12.1. The van der Waals surface area contributed by atoms with Gasteiger partial charge in [-0.2, -0.15) is 0 Å². The summed E-state index contributed by atoms with van der Waals surface area (Å²) < 4.78 is 1.69. The summed E-state index contributed by atoms with van der Waals surface area (Å²) in [5, 5.41) is 12.0. The number of hydrogen-bond donors (Lipinski definition) is 1. The van der Waals surface area contributed by atoms with Crippen molar-refractivity contribution in [1.29, 1.82) is 0 Å². The zero-order valence-electron chi connectivity index (χ0n) is 7.85. The van der Waals surface area contributed by atoms with Crippen LogP contribution in [0.1, 0.15) is 6.92 Å². The van der Waals surface area contributed by atoms with E-state index in [1.54, 1.807) is 22.0 Å². The molecule has 78 valence electrons. The summed E-state index contributed by atoms with van der Waals surface area (Å²) in [7, 11) is 0. The monoisotopic (exact) mass is 233 g/mol. The lowest BCUT2D eigenvalue weighted by Gasteiger charge is -2.01. The number of tetrazole rings is 1. The Kier molecular flexibility index (Phi) is 4.92. The fourth-order valence-electron chi connectivity index (χ4n) is 0.772. The SMILES string of the molecule is CC(=CCl)CSc1nnnn1CCN. The topological polar surface area (TPSA) is 69.6 Å². The van der Waals surface area contributed by atoms with E-state index in [0.717, 1.165) is 16.5 Å². The third-order valence-electron chi connectivity index (χ3n) is 1.46. The van der Waals surface area contributed by atoms with Crippen LogP contribution < -0.4 is 5.73 Å². The van der Waals surface area contributed by atoms with Gasteiger partial charge < -0.3 is 5.73 Å². The molecule has 0 aliphatic rings. The van der Waals surface area contributed by atoms with Gasteiger partial charge in [-0.05, 0) is 17.4 Å². The number of nitrogens with two attached hydrogens (primary N) is 1. The van der Waals surface area contributed by atoms with Crippen molar-refractivity contribution in [3.8, 4) is 0 Å². The summed E-state index contributed by atoms with van der Waals surface area (Å²) in [6.07, 6.45) is 0. The first-order valence-electron chi connectivity index (χ1n) is 4.12. The van der Waals surface area contributed by atoms with E-state index in [9.17, 15) is 0 Å². The number of aromatic nitrogens is 4. The van der Waals surface area contributed by atoms with Gasteiger partial charge in [0.05, 0.1) is 6.54 Å². The van der Waals surface area contributed by atoms with Gasteiger partial charge in [0.25, 0.3) is 0 Å². The zero-order valence-corrected chi connectivity index (χ0v) is 9.42. The Labute approximate surface area is 91.7 Å². The Morgan fingerprint density at radius 3 is 3.14 bits per heavy atom. The van der Waals surface area contributed by atoms with Crippen LogP contribution >= 0.6 is 23.4 Å². The largest absolute Gasteiger partial charge is 0.329 e. The molecule has 0 aliphatic heterocycles. The Morgan fingerprint density at radius 2 is 2.50 bits per heavy atom. The number of nitrogens with zero attached hydrogens (tertiary/aromatic N) is 4. The first kappa shape index (κ1) is 11.5. The van der Waals surface area contributed by atoms with Gasteiger partial charge in [0.2, 0.25) is 5.16 Å². The number of thioether (sulfide) groups is 1. The summed E-state index contributed by atoms with van der Waals surface area (Å²) >= 11 is 7.08. The van der Waals surface area contributed by atoms with Gasteiger partial charge in [0.15, 0.2) is 0 Å². The Morgan fingerprint density at radius 1 is 1.71 bits per heavy atom. The third-order valence-corrected chi connectivity index (χ3v) is 2.98. The predicted octanol–water partition coefficient (Wildman–Crippen LogP) is 0.867. The van der Waals surface area contributed by atoms with Crippen molar-refractivity contribution in [2.24, 2.45) is 5.73 Å². The molecule has 1 rings (SSSR count). The molecule has 0 spiro atoms. The maximum absolute atomic E-state index is 5.54. The van der Waals surface area contributed by atoms with Gasteiger partial charge in [0.1, 0.15) is 0 Å². The van der Waals surface area contributed by atoms with Crippen LogP contribution in [0, 0.1) is 0 Å². The molecular formula is C7H12ClN5S. The summed E-state index contributed by atoms with van der Waals surface area (Å²) in [5.41, 5.74) is 8.05. The molecule has 0 fully saturated rings. The van der Waals surface area contributed by atoms with Crippen molar-refractivity contribution >= 4 is 23.4 Å². The molecule has 0 unspecified atom stereocenters. The molecule has 0 radical (unpaired) electrons. The first-order chi connectivity index (χ1) is 6.77. The van der Waals surface area contributed by atoms with Crippen molar-refractivity contribution in [2.45, 2.75) is 18.6 Å². The molecule has 0 aromatic carbocycles. The molecule has 14 heavy (non-hydrogen) atoms. The molecule has 7 heteroatoms. The zero-order chi connectivity index (χ0) is 10.4. The molecule has 5 nitrogen and oxygen atoms in total. The molecule has 1 heterocycles. The van der Waals surface area contributed by atoms with Crippen molar-refractivity contribution in [2.75, 3.05) is 12.3 Å². The average molecular weight is 234 g/mol. The Bertz CT molecular complexity index is 311. The second-order valence-electron chi connectivity index (χ2n) is 2.72. The van der Waals surface area contributed by atoms with Gasteiger partial charge in [-0.15, -0.1) is 5.10 Å². The van der Waals surface area contributed by atoms with Gasteiger partial charge in [-0.25, -0.2) is 4.68 Å². The lowest BCUT2D eigenvalue weighted by Crippen LogP contribution is -2.12. The highest BCUT2D eigenvalue weighted by atomic mass is 35.5. The first-order valence-corrected chi connectivity index (χ1v) is 5.55. The van der Waals surface area contributed by atoms with Gasteiger partial charge in [0, 0.05) is 17.8 Å². The van der Waals surface area contributed by atoms with Crippen LogP contribution in [0.4, 0.5) is 0 Å². The average Bonchev–Trinajstić information content (AvgIpc) is 2.62. The van der Waals surface area contributed by atoms with Gasteiger partial charge >= 0.3 is 0 Å². The lowest BCUT2D eigenvalue weighted by atomic mass is 10.4. The molecule has 0 atom stereocenters. The molecule has 2 N–H and O–H groups in total. The summed E-state index contributed by atoms with van der Waals surface area (Å²) in [4.78, 5) is 0. The number of hydrogen-bond acceptors (Lipinski definition) is 5. The Balaban J connectivity index is 2.53. The second kappa shape index (κ2) is 6.00. The van der Waals surface area contributed by atoms with Crippen LogP contribution in [0.15, 0.2) is 16.3 Å². The van der Waals surface area contributed by atoms with Crippen molar-refractivity contribution in [3.63, 3.8) is 0 Å².